The Kier molecular flexibility index (Phi) is 15.6. The molecule has 56 heavy (non-hydrogen) atoms. The van der Waals surface area contributed by atoms with Gasteiger partial charge in [-0.3, -0.25) is 22.7 Å². The molecule has 0 aliphatic rings. The molecule has 0 atom stereocenters. The summed E-state index contributed by atoms with van der Waals surface area (Å²) in [7, 11) is 0. The number of aromatic nitrogens is 6. The smallest absolute Gasteiger partial charge is 0.439 e. The average molecular weight is 1130 g/mol. The molecule has 0 unspecified atom stereocenters. The minimum absolute atomic E-state index is 0. The van der Waals surface area contributed by atoms with E-state index in [4.69, 9.17) is 0 Å². The summed E-state index contributed by atoms with van der Waals surface area (Å²) in [6.45, 7) is 8.60. The zero-order valence-corrected chi connectivity index (χ0v) is 37.3. The predicted octanol–water partition coefficient (Wildman–Crippen LogP) is 12.2. The van der Waals surface area contributed by atoms with E-state index in [9.17, 15) is 0 Å². The SMILES string of the molecule is CC(C)c1ccc2c(n1)[n-]c1ccccc12.CC(C)c1ccc2c(n1)[n-]c1ccccc12.[Pt+2].[Pt+2].[c-]1sccc1-c1ccccn1.[c-]1sccc1-c1ccccn1. The second-order valence-electron chi connectivity index (χ2n) is 13.1. The van der Waals surface area contributed by atoms with Crippen molar-refractivity contribution >= 4 is 66.5 Å². The molecule has 0 saturated carbocycles. The van der Waals surface area contributed by atoms with Crippen molar-refractivity contribution in [3.8, 4) is 22.5 Å². The van der Waals surface area contributed by atoms with E-state index in [2.05, 4.69) is 105 Å². The molecule has 0 saturated heterocycles. The van der Waals surface area contributed by atoms with E-state index in [0.717, 1.165) is 67.0 Å². The topological polar surface area (TPSA) is 79.8 Å². The van der Waals surface area contributed by atoms with Crippen molar-refractivity contribution in [2.45, 2.75) is 39.5 Å². The molecule has 2 aromatic carbocycles. The van der Waals surface area contributed by atoms with E-state index in [1.165, 1.54) is 10.8 Å². The second-order valence-corrected chi connectivity index (χ2v) is 14.5. The Balaban J connectivity index is 0.000000143. The van der Waals surface area contributed by atoms with Crippen LogP contribution in [0.3, 0.4) is 0 Å². The van der Waals surface area contributed by atoms with Crippen LogP contribution >= 0.6 is 22.7 Å². The molecule has 10 rings (SSSR count). The molecule has 0 bridgehead atoms. The first-order chi connectivity index (χ1) is 26.4. The minimum Gasteiger partial charge on any atom is -0.439 e. The molecule has 8 heterocycles. The summed E-state index contributed by atoms with van der Waals surface area (Å²) >= 11 is 3.14. The van der Waals surface area contributed by atoms with Crippen LogP contribution in [0.15, 0.2) is 144 Å². The third kappa shape index (κ3) is 10.4. The zero-order valence-electron chi connectivity index (χ0n) is 31.1. The summed E-state index contributed by atoms with van der Waals surface area (Å²) in [4.78, 5) is 26.7. The first-order valence-electron chi connectivity index (χ1n) is 17.8. The summed E-state index contributed by atoms with van der Waals surface area (Å²) < 4.78 is 0. The van der Waals surface area contributed by atoms with E-state index in [1.54, 1.807) is 35.1 Å². The van der Waals surface area contributed by atoms with Crippen LogP contribution in [0.5, 0.6) is 0 Å². The molecule has 0 fully saturated rings. The number of pyridine rings is 4. The molecular formula is C46H38N6Pt2S2. The van der Waals surface area contributed by atoms with Crippen LogP contribution in [0.1, 0.15) is 50.9 Å². The van der Waals surface area contributed by atoms with Crippen LogP contribution in [0, 0.1) is 10.8 Å². The van der Waals surface area contributed by atoms with Crippen molar-refractivity contribution in [3.05, 3.63) is 167 Å². The largest absolute Gasteiger partial charge is 2.00 e. The van der Waals surface area contributed by atoms with Crippen LogP contribution < -0.4 is 9.97 Å². The molecule has 0 spiro atoms. The Morgan fingerprint density at radius 1 is 0.464 bits per heavy atom. The normalized spacial score (nSPS) is 10.5. The molecule has 0 aliphatic heterocycles. The molecule has 0 amide bonds. The van der Waals surface area contributed by atoms with Crippen LogP contribution in [-0.4, -0.2) is 19.9 Å². The van der Waals surface area contributed by atoms with Crippen molar-refractivity contribution < 1.29 is 42.1 Å². The van der Waals surface area contributed by atoms with Gasteiger partial charge in [0.25, 0.3) is 0 Å². The van der Waals surface area contributed by atoms with Crippen LogP contribution in [0.25, 0.3) is 66.4 Å². The van der Waals surface area contributed by atoms with E-state index in [1.807, 2.05) is 95.7 Å². The third-order valence-electron chi connectivity index (χ3n) is 8.64. The number of fused-ring (bicyclic) bond motifs is 6. The molecule has 0 aliphatic carbocycles. The molecule has 284 valence electrons. The summed E-state index contributed by atoms with van der Waals surface area (Å²) in [5.74, 6) is 0.897. The van der Waals surface area contributed by atoms with Gasteiger partial charge in [-0.15, -0.1) is 21.9 Å². The molecule has 0 radical (unpaired) electrons. The Morgan fingerprint density at radius 3 is 1.23 bits per heavy atom. The maximum atomic E-state index is 4.60. The zero-order chi connectivity index (χ0) is 37.3. The maximum Gasteiger partial charge on any atom is 2.00 e. The quantitative estimate of drug-likeness (QED) is 0.163. The second kappa shape index (κ2) is 20.5. The van der Waals surface area contributed by atoms with Crippen LogP contribution in [0.2, 0.25) is 0 Å². The molecule has 10 aromatic rings. The molecule has 0 N–H and O–H groups in total. The van der Waals surface area contributed by atoms with Gasteiger partial charge in [0, 0.05) is 12.4 Å². The third-order valence-corrected chi connectivity index (χ3v) is 9.86. The fourth-order valence-corrected chi connectivity index (χ4v) is 6.92. The van der Waals surface area contributed by atoms with Gasteiger partial charge < -0.3 is 29.9 Å². The number of benzene rings is 2. The first-order valence-corrected chi connectivity index (χ1v) is 19.6. The Hall–Kier alpha value is -4.58. The summed E-state index contributed by atoms with van der Waals surface area (Å²) in [5, 5.41) is 15.0. The number of thiophene rings is 2. The summed E-state index contributed by atoms with van der Waals surface area (Å²) in [6, 6.07) is 40.6. The van der Waals surface area contributed by atoms with Crippen LogP contribution in [0.4, 0.5) is 0 Å². The number of hydrogen-bond acceptors (Lipinski definition) is 6. The predicted molar refractivity (Wildman–Crippen MR) is 226 cm³/mol. The van der Waals surface area contributed by atoms with E-state index in [0.29, 0.717) is 11.8 Å². The van der Waals surface area contributed by atoms with Gasteiger partial charge in [0.2, 0.25) is 0 Å². The molecule has 6 nitrogen and oxygen atoms in total. The minimum atomic E-state index is 0. The molecule has 8 aromatic heterocycles. The summed E-state index contributed by atoms with van der Waals surface area (Å²) in [6.07, 6.45) is 3.58. The van der Waals surface area contributed by atoms with Crippen LogP contribution in [-0.2, 0) is 42.1 Å². The maximum absolute atomic E-state index is 4.60. The average Bonchev–Trinajstić information content (AvgIpc) is 4.05. The Labute approximate surface area is 364 Å². The van der Waals surface area contributed by atoms with Gasteiger partial charge >= 0.3 is 42.1 Å². The fraction of sp³-hybridized carbons (Fsp3) is 0.130. The number of para-hydroxylation sites is 2. The van der Waals surface area contributed by atoms with E-state index in [-0.39, 0.29) is 42.1 Å². The van der Waals surface area contributed by atoms with Crippen molar-refractivity contribution in [1.29, 1.82) is 0 Å². The Bertz CT molecular complexity index is 2480. The summed E-state index contributed by atoms with van der Waals surface area (Å²) in [5.41, 5.74) is 10.2. The van der Waals surface area contributed by atoms with E-state index >= 15 is 0 Å². The van der Waals surface area contributed by atoms with Gasteiger partial charge in [0.1, 0.15) is 0 Å². The monoisotopic (exact) mass is 1130 g/mol. The van der Waals surface area contributed by atoms with Crippen molar-refractivity contribution in [3.63, 3.8) is 0 Å². The van der Waals surface area contributed by atoms with Gasteiger partial charge in [0.05, 0.1) is 0 Å². The number of nitrogens with zero attached hydrogens (tertiary/aromatic N) is 6. The van der Waals surface area contributed by atoms with Crippen molar-refractivity contribution in [1.82, 2.24) is 29.9 Å². The van der Waals surface area contributed by atoms with Crippen molar-refractivity contribution in [2.24, 2.45) is 0 Å². The van der Waals surface area contributed by atoms with Gasteiger partial charge in [-0.05, 0) is 67.9 Å². The number of hydrogen-bond donors (Lipinski definition) is 0. The first kappa shape index (κ1) is 42.6. The standard InChI is InChI=1S/2C14H13N2.2C9H6NS.2Pt/c2*1-9(2)12-8-7-11-10-5-3-4-6-13(10)16-14(11)15-12;2*1-2-5-10-9(3-1)8-4-6-11-7-8;;/h2*3-9H,1-2H3;2*1-6H;;/q4*-1;2*+2. The van der Waals surface area contributed by atoms with Gasteiger partial charge in [-0.25, -0.2) is 0 Å². The Morgan fingerprint density at radius 2 is 0.875 bits per heavy atom. The van der Waals surface area contributed by atoms with Gasteiger partial charge in [-0.1, -0.05) is 158 Å². The number of rotatable bonds is 4. The van der Waals surface area contributed by atoms with Crippen molar-refractivity contribution in [2.75, 3.05) is 0 Å². The fourth-order valence-electron chi connectivity index (χ4n) is 5.77. The van der Waals surface area contributed by atoms with Gasteiger partial charge in [-0.2, -0.15) is 12.1 Å². The molecular weight excluding hydrogens is 1090 g/mol. The van der Waals surface area contributed by atoms with Gasteiger partial charge in [0.15, 0.2) is 0 Å². The molecule has 10 heteroatoms. The van der Waals surface area contributed by atoms with E-state index < -0.39 is 0 Å².